The number of halogens is 1. The number of amides is 1. The van der Waals surface area contributed by atoms with E-state index in [1.165, 1.54) is 18.1 Å². The number of hydrogen-bond donors (Lipinski definition) is 1. The highest BCUT2D eigenvalue weighted by Crippen LogP contribution is 2.40. The van der Waals surface area contributed by atoms with E-state index in [2.05, 4.69) is 9.97 Å². The zero-order valence-corrected chi connectivity index (χ0v) is 18.1. The van der Waals surface area contributed by atoms with Crippen molar-refractivity contribution in [3.63, 3.8) is 0 Å². The Labute approximate surface area is 189 Å². The lowest BCUT2D eigenvalue weighted by atomic mass is 9.96. The molecule has 0 aliphatic carbocycles. The zero-order valence-electron chi connectivity index (χ0n) is 17.3. The van der Waals surface area contributed by atoms with Crippen LogP contribution in [0.25, 0.3) is 5.76 Å². The van der Waals surface area contributed by atoms with Gasteiger partial charge >= 0.3 is 0 Å². The summed E-state index contributed by atoms with van der Waals surface area (Å²) in [7, 11) is 1.48. The molecule has 4 rings (SSSR count). The number of benzene rings is 1. The molecule has 1 aliphatic rings. The highest BCUT2D eigenvalue weighted by molar-refractivity contribution is 6.46. The van der Waals surface area contributed by atoms with Gasteiger partial charge in [0.05, 0.1) is 30.1 Å². The molecule has 164 valence electrons. The van der Waals surface area contributed by atoms with Crippen molar-refractivity contribution in [2.24, 2.45) is 0 Å². The molecule has 0 radical (unpaired) electrons. The number of carbonyl (C=O) groups is 2. The fourth-order valence-electron chi connectivity index (χ4n) is 3.81. The van der Waals surface area contributed by atoms with E-state index in [4.69, 9.17) is 16.3 Å². The lowest BCUT2D eigenvalue weighted by Crippen LogP contribution is -2.31. The summed E-state index contributed by atoms with van der Waals surface area (Å²) in [6.07, 6.45) is 9.02. The third-order valence-corrected chi connectivity index (χ3v) is 5.64. The molecule has 0 saturated carbocycles. The van der Waals surface area contributed by atoms with Gasteiger partial charge in [-0.2, -0.15) is 0 Å². The highest BCUT2D eigenvalue weighted by atomic mass is 35.5. The second-order valence-corrected chi connectivity index (χ2v) is 7.69. The molecule has 0 spiro atoms. The van der Waals surface area contributed by atoms with Gasteiger partial charge in [0.25, 0.3) is 11.7 Å². The van der Waals surface area contributed by atoms with Crippen LogP contribution < -0.4 is 4.74 Å². The van der Waals surface area contributed by atoms with E-state index in [1.807, 2.05) is 10.8 Å². The summed E-state index contributed by atoms with van der Waals surface area (Å²) in [5.41, 5.74) is 0.962. The summed E-state index contributed by atoms with van der Waals surface area (Å²) in [6, 6.07) is 7.44. The number of carbonyl (C=O) groups excluding carboxylic acids is 2. The van der Waals surface area contributed by atoms with E-state index in [0.717, 1.165) is 0 Å². The Kier molecular flexibility index (Phi) is 6.23. The summed E-state index contributed by atoms with van der Waals surface area (Å²) in [4.78, 5) is 35.6. The number of aliphatic hydroxyl groups excluding tert-OH is 1. The minimum absolute atomic E-state index is 0.00636. The molecule has 9 heteroatoms. The van der Waals surface area contributed by atoms with Crippen LogP contribution in [0.15, 0.2) is 67.0 Å². The summed E-state index contributed by atoms with van der Waals surface area (Å²) in [6.45, 7) is 0.958. The first-order valence-electron chi connectivity index (χ1n) is 9.99. The molecule has 3 heterocycles. The Balaban J connectivity index is 1.72. The van der Waals surface area contributed by atoms with Crippen LogP contribution in [-0.4, -0.2) is 49.9 Å². The molecule has 8 nitrogen and oxygen atoms in total. The van der Waals surface area contributed by atoms with E-state index in [0.29, 0.717) is 36.4 Å². The minimum atomic E-state index is -0.757. The third-order valence-electron chi connectivity index (χ3n) is 5.34. The molecule has 3 aromatic rings. The van der Waals surface area contributed by atoms with Gasteiger partial charge in [-0.05, 0) is 36.2 Å². The molecule has 1 N–H and O–H groups in total. The number of ketones is 1. The molecule has 1 saturated heterocycles. The van der Waals surface area contributed by atoms with E-state index < -0.39 is 17.7 Å². The fraction of sp³-hybridized carbons (Fsp3) is 0.217. The van der Waals surface area contributed by atoms with Gasteiger partial charge in [0, 0.05) is 43.4 Å². The lowest BCUT2D eigenvalue weighted by Gasteiger charge is -2.25. The van der Waals surface area contributed by atoms with Gasteiger partial charge in [0.15, 0.2) is 0 Å². The highest BCUT2D eigenvalue weighted by Gasteiger charge is 2.45. The number of pyridine rings is 1. The maximum Gasteiger partial charge on any atom is 0.295 e. The lowest BCUT2D eigenvalue weighted by molar-refractivity contribution is -0.139. The molecule has 1 amide bonds. The van der Waals surface area contributed by atoms with E-state index >= 15 is 0 Å². The maximum atomic E-state index is 13.0. The molecule has 0 bridgehead atoms. The molecule has 0 unspecified atom stereocenters. The van der Waals surface area contributed by atoms with Gasteiger partial charge in [-0.1, -0.05) is 17.7 Å². The van der Waals surface area contributed by atoms with Crippen molar-refractivity contribution in [1.82, 2.24) is 19.4 Å². The van der Waals surface area contributed by atoms with Crippen LogP contribution in [0.2, 0.25) is 5.02 Å². The van der Waals surface area contributed by atoms with Gasteiger partial charge in [-0.25, -0.2) is 4.98 Å². The second-order valence-electron chi connectivity index (χ2n) is 7.28. The van der Waals surface area contributed by atoms with Crippen molar-refractivity contribution in [3.05, 3.63) is 83.2 Å². The molecule has 1 aromatic carbocycles. The predicted molar refractivity (Wildman–Crippen MR) is 118 cm³/mol. The summed E-state index contributed by atoms with van der Waals surface area (Å²) in [5.74, 6) is -1.26. The van der Waals surface area contributed by atoms with Crippen LogP contribution in [0.1, 0.15) is 23.6 Å². The van der Waals surface area contributed by atoms with Crippen LogP contribution in [0, 0.1) is 0 Å². The Bertz CT molecular complexity index is 1160. The van der Waals surface area contributed by atoms with Gasteiger partial charge in [-0.3, -0.25) is 14.6 Å². The van der Waals surface area contributed by atoms with Gasteiger partial charge in [-0.15, -0.1) is 0 Å². The van der Waals surface area contributed by atoms with Crippen LogP contribution >= 0.6 is 11.6 Å². The standard InChI is InChI=1S/C23H21ClN4O4/c1-32-18-6-5-15(12-17(18)24)21(29)19-20(16-4-2-7-25-13-16)28(23(31)22(19)30)10-3-9-27-11-8-26-14-27/h2,4-8,11-14,20,29H,3,9-10H2,1H3/b21-19+/t20-/m1/s1. The first-order valence-corrected chi connectivity index (χ1v) is 10.4. The van der Waals surface area contributed by atoms with Crippen molar-refractivity contribution >= 4 is 29.1 Å². The van der Waals surface area contributed by atoms with Crippen LogP contribution in [0.4, 0.5) is 0 Å². The SMILES string of the molecule is COc1ccc(/C(O)=C2\C(=O)C(=O)N(CCCn3ccnc3)[C@@H]2c2cccnc2)cc1Cl. The number of hydrogen-bond acceptors (Lipinski definition) is 6. The van der Waals surface area contributed by atoms with Crippen molar-refractivity contribution in [2.75, 3.05) is 13.7 Å². The van der Waals surface area contributed by atoms with E-state index in [1.54, 1.807) is 49.2 Å². The fourth-order valence-corrected chi connectivity index (χ4v) is 4.06. The van der Waals surface area contributed by atoms with Crippen molar-refractivity contribution in [2.45, 2.75) is 19.0 Å². The molecule has 2 aromatic heterocycles. The van der Waals surface area contributed by atoms with E-state index in [-0.39, 0.29) is 16.4 Å². The second kappa shape index (κ2) is 9.23. The molecule has 1 atom stereocenters. The number of rotatable bonds is 7. The average molecular weight is 453 g/mol. The molecule has 1 aliphatic heterocycles. The predicted octanol–water partition coefficient (Wildman–Crippen LogP) is 3.45. The summed E-state index contributed by atoms with van der Waals surface area (Å²) in [5, 5.41) is 11.4. The quantitative estimate of drug-likeness (QED) is 0.335. The summed E-state index contributed by atoms with van der Waals surface area (Å²) < 4.78 is 7.05. The normalized spacial score (nSPS) is 17.7. The number of aliphatic hydroxyl groups is 1. The molecular weight excluding hydrogens is 432 g/mol. The molecule has 32 heavy (non-hydrogen) atoms. The van der Waals surface area contributed by atoms with Gasteiger partial charge in [0.1, 0.15) is 11.5 Å². The maximum absolute atomic E-state index is 13.0. The number of likely N-dealkylation sites (tertiary alicyclic amines) is 1. The Hall–Kier alpha value is -3.65. The Morgan fingerprint density at radius 2 is 2.03 bits per heavy atom. The number of nitrogens with zero attached hydrogens (tertiary/aromatic N) is 4. The zero-order chi connectivity index (χ0) is 22.7. The van der Waals surface area contributed by atoms with Crippen molar-refractivity contribution < 1.29 is 19.4 Å². The van der Waals surface area contributed by atoms with Crippen LogP contribution in [-0.2, 0) is 16.1 Å². The summed E-state index contributed by atoms with van der Waals surface area (Å²) >= 11 is 6.21. The monoisotopic (exact) mass is 452 g/mol. The van der Waals surface area contributed by atoms with Gasteiger partial charge < -0.3 is 19.3 Å². The third kappa shape index (κ3) is 4.09. The topological polar surface area (TPSA) is 97.6 Å². The number of aromatic nitrogens is 3. The molecular formula is C23H21ClN4O4. The van der Waals surface area contributed by atoms with Crippen molar-refractivity contribution in [3.8, 4) is 5.75 Å². The first-order chi connectivity index (χ1) is 15.5. The first kappa shape index (κ1) is 21.6. The van der Waals surface area contributed by atoms with Crippen molar-refractivity contribution in [1.29, 1.82) is 0 Å². The smallest absolute Gasteiger partial charge is 0.295 e. The van der Waals surface area contributed by atoms with Crippen LogP contribution in [0.5, 0.6) is 5.75 Å². The average Bonchev–Trinajstić information content (AvgIpc) is 3.41. The Morgan fingerprint density at radius 1 is 1.19 bits per heavy atom. The van der Waals surface area contributed by atoms with Crippen LogP contribution in [0.3, 0.4) is 0 Å². The van der Waals surface area contributed by atoms with Gasteiger partial charge in [0.2, 0.25) is 0 Å². The number of ether oxygens (including phenoxy) is 1. The number of imidazole rings is 1. The minimum Gasteiger partial charge on any atom is -0.507 e. The number of methoxy groups -OCH3 is 1. The molecule has 1 fully saturated rings. The Morgan fingerprint density at radius 3 is 2.69 bits per heavy atom. The largest absolute Gasteiger partial charge is 0.507 e. The van der Waals surface area contributed by atoms with E-state index in [9.17, 15) is 14.7 Å². The number of Topliss-reactive ketones (excluding diaryl/α,β-unsaturated/α-hetero) is 1. The number of aryl methyl sites for hydroxylation is 1.